The first-order chi connectivity index (χ1) is 8.19. The first-order valence-corrected chi connectivity index (χ1v) is 5.67. The van der Waals surface area contributed by atoms with Crippen LogP contribution >= 0.6 is 0 Å². The van der Waals surface area contributed by atoms with Crippen molar-refractivity contribution >= 4 is 5.97 Å². The number of ether oxygens (including phenoxy) is 2. The summed E-state index contributed by atoms with van der Waals surface area (Å²) < 4.78 is 10.4. The van der Waals surface area contributed by atoms with E-state index in [9.17, 15) is 4.79 Å². The average molecular weight is 238 g/mol. The Labute approximate surface area is 101 Å². The minimum atomic E-state index is -0.989. The molecule has 1 N–H and O–H groups in total. The molecule has 0 bridgehead atoms. The van der Waals surface area contributed by atoms with E-state index in [1.807, 2.05) is 6.07 Å². The second-order valence-electron chi connectivity index (χ2n) is 3.75. The molecule has 0 saturated carbocycles. The number of carboxylic acids is 1. The molecular formula is C13H18O4. The number of hydrogen-bond acceptors (Lipinski definition) is 3. The summed E-state index contributed by atoms with van der Waals surface area (Å²) in [6.07, 6.45) is 2.10. The highest BCUT2D eigenvalue weighted by Gasteiger charge is 2.11. The van der Waals surface area contributed by atoms with Gasteiger partial charge in [0.15, 0.2) is 0 Å². The Morgan fingerprint density at radius 1 is 1.41 bits per heavy atom. The SMILES string of the molecule is CCCCOCc1ccc(OC)c(C(=O)O)c1. The zero-order valence-electron chi connectivity index (χ0n) is 10.2. The van der Waals surface area contributed by atoms with E-state index in [0.717, 1.165) is 18.4 Å². The summed E-state index contributed by atoms with van der Waals surface area (Å²) in [4.78, 5) is 11.0. The van der Waals surface area contributed by atoms with Crippen molar-refractivity contribution in [1.29, 1.82) is 0 Å². The molecule has 0 aliphatic carbocycles. The molecule has 0 radical (unpaired) electrons. The van der Waals surface area contributed by atoms with Crippen molar-refractivity contribution in [2.24, 2.45) is 0 Å². The highest BCUT2D eigenvalue weighted by atomic mass is 16.5. The predicted molar refractivity (Wildman–Crippen MR) is 64.5 cm³/mol. The van der Waals surface area contributed by atoms with Gasteiger partial charge in [-0.3, -0.25) is 0 Å². The van der Waals surface area contributed by atoms with E-state index in [4.69, 9.17) is 14.6 Å². The third-order valence-electron chi connectivity index (χ3n) is 2.41. The number of aromatic carboxylic acids is 1. The van der Waals surface area contributed by atoms with Crippen molar-refractivity contribution in [3.63, 3.8) is 0 Å². The number of hydrogen-bond donors (Lipinski definition) is 1. The van der Waals surface area contributed by atoms with E-state index < -0.39 is 5.97 Å². The van der Waals surface area contributed by atoms with Gasteiger partial charge in [-0.2, -0.15) is 0 Å². The maximum atomic E-state index is 11.0. The summed E-state index contributed by atoms with van der Waals surface area (Å²) in [5.74, 6) is -0.618. The smallest absolute Gasteiger partial charge is 0.339 e. The first-order valence-electron chi connectivity index (χ1n) is 5.67. The Kier molecular flexibility index (Phi) is 5.49. The van der Waals surface area contributed by atoms with Gasteiger partial charge in [-0.25, -0.2) is 4.79 Å². The molecule has 94 valence electrons. The molecule has 0 fully saturated rings. The molecule has 0 atom stereocenters. The van der Waals surface area contributed by atoms with Crippen LogP contribution in [0.5, 0.6) is 5.75 Å². The summed E-state index contributed by atoms with van der Waals surface area (Å²) in [5, 5.41) is 9.01. The van der Waals surface area contributed by atoms with Gasteiger partial charge in [0.25, 0.3) is 0 Å². The van der Waals surface area contributed by atoms with Gasteiger partial charge in [0.2, 0.25) is 0 Å². The fourth-order valence-electron chi connectivity index (χ4n) is 1.45. The molecule has 0 saturated heterocycles. The molecule has 4 nitrogen and oxygen atoms in total. The van der Waals surface area contributed by atoms with Gasteiger partial charge in [0.1, 0.15) is 11.3 Å². The van der Waals surface area contributed by atoms with Crippen LogP contribution in [0.3, 0.4) is 0 Å². The fourth-order valence-corrected chi connectivity index (χ4v) is 1.45. The van der Waals surface area contributed by atoms with Crippen LogP contribution in [-0.2, 0) is 11.3 Å². The largest absolute Gasteiger partial charge is 0.496 e. The van der Waals surface area contributed by atoms with E-state index in [1.165, 1.54) is 7.11 Å². The van der Waals surface area contributed by atoms with Crippen LogP contribution in [0.1, 0.15) is 35.7 Å². The molecule has 0 heterocycles. The van der Waals surface area contributed by atoms with Crippen LogP contribution in [0.25, 0.3) is 0 Å². The van der Waals surface area contributed by atoms with Gasteiger partial charge in [-0.15, -0.1) is 0 Å². The van der Waals surface area contributed by atoms with E-state index in [1.54, 1.807) is 12.1 Å². The van der Waals surface area contributed by atoms with Crippen molar-refractivity contribution in [2.45, 2.75) is 26.4 Å². The number of carboxylic acid groups (broad SMARTS) is 1. The summed E-state index contributed by atoms with van der Waals surface area (Å²) in [7, 11) is 1.46. The molecular weight excluding hydrogens is 220 g/mol. The minimum Gasteiger partial charge on any atom is -0.496 e. The van der Waals surface area contributed by atoms with Crippen LogP contribution in [0.4, 0.5) is 0 Å². The van der Waals surface area contributed by atoms with Gasteiger partial charge in [-0.1, -0.05) is 19.4 Å². The Balaban J connectivity index is 2.68. The molecule has 1 aromatic carbocycles. The van der Waals surface area contributed by atoms with Crippen molar-refractivity contribution in [3.8, 4) is 5.75 Å². The fraction of sp³-hybridized carbons (Fsp3) is 0.462. The van der Waals surface area contributed by atoms with Crippen molar-refractivity contribution in [1.82, 2.24) is 0 Å². The predicted octanol–water partition coefficient (Wildman–Crippen LogP) is 2.71. The van der Waals surface area contributed by atoms with Crippen LogP contribution in [-0.4, -0.2) is 24.8 Å². The lowest BCUT2D eigenvalue weighted by Crippen LogP contribution is -2.03. The maximum Gasteiger partial charge on any atom is 0.339 e. The van der Waals surface area contributed by atoms with E-state index >= 15 is 0 Å². The number of benzene rings is 1. The molecule has 0 amide bonds. The third kappa shape index (κ3) is 4.07. The van der Waals surface area contributed by atoms with Gasteiger partial charge >= 0.3 is 5.97 Å². The minimum absolute atomic E-state index is 0.170. The average Bonchev–Trinajstić information content (AvgIpc) is 2.34. The highest BCUT2D eigenvalue weighted by molar-refractivity contribution is 5.91. The Morgan fingerprint density at radius 3 is 2.76 bits per heavy atom. The monoisotopic (exact) mass is 238 g/mol. The standard InChI is InChI=1S/C13H18O4/c1-3-4-7-17-9-10-5-6-12(16-2)11(8-10)13(14)15/h5-6,8H,3-4,7,9H2,1-2H3,(H,14,15). The van der Waals surface area contributed by atoms with E-state index in [-0.39, 0.29) is 5.56 Å². The van der Waals surface area contributed by atoms with E-state index in [0.29, 0.717) is 19.0 Å². The third-order valence-corrected chi connectivity index (χ3v) is 2.41. The lowest BCUT2D eigenvalue weighted by molar-refractivity contribution is 0.0692. The van der Waals surface area contributed by atoms with Crippen LogP contribution < -0.4 is 4.74 Å². The quantitative estimate of drug-likeness (QED) is 0.742. The molecule has 0 spiro atoms. The van der Waals surface area contributed by atoms with Crippen molar-refractivity contribution < 1.29 is 19.4 Å². The normalized spacial score (nSPS) is 10.2. The van der Waals surface area contributed by atoms with Crippen molar-refractivity contribution in [3.05, 3.63) is 29.3 Å². The topological polar surface area (TPSA) is 55.8 Å². The molecule has 17 heavy (non-hydrogen) atoms. The summed E-state index contributed by atoms with van der Waals surface area (Å²) >= 11 is 0. The van der Waals surface area contributed by atoms with E-state index in [2.05, 4.69) is 6.92 Å². The number of methoxy groups -OCH3 is 1. The van der Waals surface area contributed by atoms with Crippen molar-refractivity contribution in [2.75, 3.05) is 13.7 Å². The Hall–Kier alpha value is -1.55. The van der Waals surface area contributed by atoms with Crippen LogP contribution in [0.15, 0.2) is 18.2 Å². The number of unbranched alkanes of at least 4 members (excludes halogenated alkanes) is 1. The second-order valence-corrected chi connectivity index (χ2v) is 3.75. The zero-order valence-corrected chi connectivity index (χ0v) is 10.2. The molecule has 1 rings (SSSR count). The molecule has 4 heteroatoms. The zero-order chi connectivity index (χ0) is 12.7. The Bertz CT molecular complexity index is 374. The molecule has 0 unspecified atom stereocenters. The lowest BCUT2D eigenvalue weighted by Gasteiger charge is -2.08. The molecule has 1 aromatic rings. The number of rotatable bonds is 7. The van der Waals surface area contributed by atoms with Gasteiger partial charge in [0.05, 0.1) is 13.7 Å². The lowest BCUT2D eigenvalue weighted by atomic mass is 10.1. The molecule has 0 aromatic heterocycles. The Morgan fingerprint density at radius 2 is 2.18 bits per heavy atom. The number of carbonyl (C=O) groups is 1. The summed E-state index contributed by atoms with van der Waals surface area (Å²) in [5.41, 5.74) is 1.02. The summed E-state index contributed by atoms with van der Waals surface area (Å²) in [6.45, 7) is 3.23. The molecule has 0 aliphatic rings. The maximum absolute atomic E-state index is 11.0. The highest BCUT2D eigenvalue weighted by Crippen LogP contribution is 2.20. The van der Waals surface area contributed by atoms with Gasteiger partial charge in [0, 0.05) is 6.61 Å². The first kappa shape index (κ1) is 13.5. The van der Waals surface area contributed by atoms with Gasteiger partial charge < -0.3 is 14.6 Å². The van der Waals surface area contributed by atoms with Crippen LogP contribution in [0, 0.1) is 0 Å². The second kappa shape index (κ2) is 6.91. The summed E-state index contributed by atoms with van der Waals surface area (Å²) in [6, 6.07) is 5.06. The molecule has 0 aliphatic heterocycles. The van der Waals surface area contributed by atoms with Gasteiger partial charge in [-0.05, 0) is 24.1 Å². The van der Waals surface area contributed by atoms with Crippen LogP contribution in [0.2, 0.25) is 0 Å².